The normalized spacial score (nSPS) is 12.7. The second-order valence-electron chi connectivity index (χ2n) is 3.30. The molecule has 0 aromatic carbocycles. The van der Waals surface area contributed by atoms with Gasteiger partial charge in [0.25, 0.3) is 0 Å². The van der Waals surface area contributed by atoms with Crippen molar-refractivity contribution in [3.05, 3.63) is 36.5 Å². The molecule has 0 saturated carbocycles. The van der Waals surface area contributed by atoms with Gasteiger partial charge in [0.2, 0.25) is 0 Å². The molecular weight excluding hydrogens is 190 g/mol. The highest BCUT2D eigenvalue weighted by molar-refractivity contribution is 5.28. The van der Waals surface area contributed by atoms with Gasteiger partial charge in [0.15, 0.2) is 5.82 Å². The van der Waals surface area contributed by atoms with Gasteiger partial charge < -0.3 is 5.32 Å². The summed E-state index contributed by atoms with van der Waals surface area (Å²) >= 11 is 0. The van der Waals surface area contributed by atoms with Crippen LogP contribution in [-0.2, 0) is 0 Å². The standard InChI is InChI=1S/C10H13N5/c1-8(11-2)9-3-4-13-10(5-9)15-7-12-6-14-15/h3-8,11H,1-2H3. The molecule has 0 radical (unpaired) electrons. The molecule has 15 heavy (non-hydrogen) atoms. The third-order valence-electron chi connectivity index (χ3n) is 2.36. The molecule has 0 aliphatic heterocycles. The highest BCUT2D eigenvalue weighted by atomic mass is 15.3. The summed E-state index contributed by atoms with van der Waals surface area (Å²) in [6.07, 6.45) is 4.91. The number of hydrogen-bond acceptors (Lipinski definition) is 4. The Morgan fingerprint density at radius 3 is 3.00 bits per heavy atom. The molecule has 2 aromatic rings. The van der Waals surface area contributed by atoms with Crippen LogP contribution in [0.1, 0.15) is 18.5 Å². The summed E-state index contributed by atoms with van der Waals surface area (Å²) < 4.78 is 1.64. The molecule has 0 bridgehead atoms. The third-order valence-corrected chi connectivity index (χ3v) is 2.36. The van der Waals surface area contributed by atoms with Crippen molar-refractivity contribution in [1.82, 2.24) is 25.1 Å². The van der Waals surface area contributed by atoms with Crippen LogP contribution in [0.4, 0.5) is 0 Å². The molecule has 2 rings (SSSR count). The van der Waals surface area contributed by atoms with E-state index in [4.69, 9.17) is 0 Å². The fourth-order valence-corrected chi connectivity index (χ4v) is 1.32. The predicted molar refractivity (Wildman–Crippen MR) is 56.6 cm³/mol. The Morgan fingerprint density at radius 1 is 1.47 bits per heavy atom. The molecule has 0 spiro atoms. The molecular formula is C10H13N5. The highest BCUT2D eigenvalue weighted by Gasteiger charge is 2.05. The lowest BCUT2D eigenvalue weighted by Crippen LogP contribution is -2.13. The number of hydrogen-bond donors (Lipinski definition) is 1. The van der Waals surface area contributed by atoms with E-state index >= 15 is 0 Å². The van der Waals surface area contributed by atoms with Crippen LogP contribution in [0, 0.1) is 0 Å². The van der Waals surface area contributed by atoms with Gasteiger partial charge >= 0.3 is 0 Å². The number of aromatic nitrogens is 4. The predicted octanol–water partition coefficient (Wildman–Crippen LogP) is 0.943. The first-order valence-corrected chi connectivity index (χ1v) is 4.79. The van der Waals surface area contributed by atoms with E-state index in [2.05, 4.69) is 27.3 Å². The lowest BCUT2D eigenvalue weighted by molar-refractivity contribution is 0.649. The van der Waals surface area contributed by atoms with E-state index in [1.165, 1.54) is 11.9 Å². The summed E-state index contributed by atoms with van der Waals surface area (Å²) in [5, 5.41) is 7.22. The van der Waals surface area contributed by atoms with Gasteiger partial charge in [-0.3, -0.25) is 0 Å². The van der Waals surface area contributed by atoms with Crippen LogP contribution >= 0.6 is 0 Å². The molecule has 5 heteroatoms. The number of nitrogens with zero attached hydrogens (tertiary/aromatic N) is 4. The molecule has 5 nitrogen and oxygen atoms in total. The maximum absolute atomic E-state index is 4.23. The van der Waals surface area contributed by atoms with Crippen LogP contribution in [0.2, 0.25) is 0 Å². The summed E-state index contributed by atoms with van der Waals surface area (Å²) in [6.45, 7) is 2.10. The van der Waals surface area contributed by atoms with E-state index in [9.17, 15) is 0 Å². The van der Waals surface area contributed by atoms with Crippen LogP contribution in [0.25, 0.3) is 5.82 Å². The Morgan fingerprint density at radius 2 is 2.33 bits per heavy atom. The molecule has 2 aromatic heterocycles. The fourth-order valence-electron chi connectivity index (χ4n) is 1.32. The van der Waals surface area contributed by atoms with Gasteiger partial charge in [-0.15, -0.1) is 0 Å². The van der Waals surface area contributed by atoms with Crippen molar-refractivity contribution in [2.75, 3.05) is 7.05 Å². The summed E-state index contributed by atoms with van der Waals surface area (Å²) in [5.74, 6) is 0.784. The molecule has 78 valence electrons. The lowest BCUT2D eigenvalue weighted by atomic mass is 10.1. The number of rotatable bonds is 3. The quantitative estimate of drug-likeness (QED) is 0.806. The molecule has 1 N–H and O–H groups in total. The molecule has 0 aliphatic rings. The zero-order valence-electron chi connectivity index (χ0n) is 8.75. The summed E-state index contributed by atoms with van der Waals surface area (Å²) in [5.41, 5.74) is 1.18. The second-order valence-corrected chi connectivity index (χ2v) is 3.30. The zero-order valence-corrected chi connectivity index (χ0v) is 8.75. The minimum absolute atomic E-state index is 0.301. The van der Waals surface area contributed by atoms with Gasteiger partial charge in [0.1, 0.15) is 12.7 Å². The largest absolute Gasteiger partial charge is 0.313 e. The summed E-state index contributed by atoms with van der Waals surface area (Å²) in [6, 6.07) is 4.28. The number of nitrogens with one attached hydrogen (secondary N) is 1. The van der Waals surface area contributed by atoms with Crippen LogP contribution in [0.5, 0.6) is 0 Å². The van der Waals surface area contributed by atoms with Crippen molar-refractivity contribution in [3.63, 3.8) is 0 Å². The van der Waals surface area contributed by atoms with Crippen molar-refractivity contribution in [2.45, 2.75) is 13.0 Å². The van der Waals surface area contributed by atoms with Gasteiger partial charge in [0.05, 0.1) is 0 Å². The average Bonchev–Trinajstić information content (AvgIpc) is 2.82. The van der Waals surface area contributed by atoms with E-state index in [-0.39, 0.29) is 0 Å². The Kier molecular flexibility index (Phi) is 2.73. The Labute approximate surface area is 88.2 Å². The zero-order chi connectivity index (χ0) is 10.7. The first-order valence-electron chi connectivity index (χ1n) is 4.79. The minimum Gasteiger partial charge on any atom is -0.313 e. The van der Waals surface area contributed by atoms with E-state index < -0.39 is 0 Å². The molecule has 0 saturated heterocycles. The van der Waals surface area contributed by atoms with Crippen molar-refractivity contribution in [3.8, 4) is 5.82 Å². The van der Waals surface area contributed by atoms with E-state index in [1.54, 1.807) is 17.2 Å². The number of pyridine rings is 1. The van der Waals surface area contributed by atoms with Crippen molar-refractivity contribution >= 4 is 0 Å². The summed E-state index contributed by atoms with van der Waals surface area (Å²) in [7, 11) is 1.93. The van der Waals surface area contributed by atoms with Crippen LogP contribution in [0.3, 0.4) is 0 Å². The Bertz CT molecular complexity index is 423. The maximum atomic E-state index is 4.23. The van der Waals surface area contributed by atoms with Gasteiger partial charge in [-0.05, 0) is 31.7 Å². The monoisotopic (exact) mass is 203 g/mol. The van der Waals surface area contributed by atoms with Crippen molar-refractivity contribution < 1.29 is 0 Å². The lowest BCUT2D eigenvalue weighted by Gasteiger charge is -2.10. The van der Waals surface area contributed by atoms with Crippen LogP contribution in [-0.4, -0.2) is 26.8 Å². The van der Waals surface area contributed by atoms with E-state index in [0.717, 1.165) is 5.82 Å². The SMILES string of the molecule is CNC(C)c1ccnc(-n2cncn2)c1. The molecule has 1 unspecified atom stereocenters. The third kappa shape index (κ3) is 2.02. The highest BCUT2D eigenvalue weighted by Crippen LogP contribution is 2.13. The van der Waals surface area contributed by atoms with Crippen molar-refractivity contribution in [2.24, 2.45) is 0 Å². The van der Waals surface area contributed by atoms with E-state index in [1.807, 2.05) is 19.2 Å². The maximum Gasteiger partial charge on any atom is 0.155 e. The second kappa shape index (κ2) is 4.18. The molecule has 0 amide bonds. The van der Waals surface area contributed by atoms with Gasteiger partial charge in [0, 0.05) is 12.2 Å². The minimum atomic E-state index is 0.301. The fraction of sp³-hybridized carbons (Fsp3) is 0.300. The first-order chi connectivity index (χ1) is 7.31. The summed E-state index contributed by atoms with van der Waals surface area (Å²) in [4.78, 5) is 8.12. The van der Waals surface area contributed by atoms with Gasteiger partial charge in [-0.1, -0.05) is 0 Å². The van der Waals surface area contributed by atoms with Crippen molar-refractivity contribution in [1.29, 1.82) is 0 Å². The van der Waals surface area contributed by atoms with Gasteiger partial charge in [-0.2, -0.15) is 5.10 Å². The molecule has 2 heterocycles. The van der Waals surface area contributed by atoms with Crippen LogP contribution < -0.4 is 5.32 Å². The average molecular weight is 203 g/mol. The van der Waals surface area contributed by atoms with Crippen LogP contribution in [0.15, 0.2) is 31.0 Å². The van der Waals surface area contributed by atoms with E-state index in [0.29, 0.717) is 6.04 Å². The Balaban J connectivity index is 2.35. The molecule has 1 atom stereocenters. The Hall–Kier alpha value is -1.75. The molecule has 0 fully saturated rings. The molecule has 0 aliphatic carbocycles. The first kappa shape index (κ1) is 9.79. The topological polar surface area (TPSA) is 55.6 Å². The van der Waals surface area contributed by atoms with Gasteiger partial charge in [-0.25, -0.2) is 14.6 Å². The smallest absolute Gasteiger partial charge is 0.155 e.